The minimum atomic E-state index is -0.803. The van der Waals surface area contributed by atoms with E-state index in [-0.39, 0.29) is 22.4 Å². The first kappa shape index (κ1) is 18.2. The molecule has 6 nitrogen and oxygen atoms in total. The van der Waals surface area contributed by atoms with E-state index in [2.05, 4.69) is 0 Å². The Labute approximate surface area is 145 Å². The topological polar surface area (TPSA) is 78.9 Å². The minimum Gasteiger partial charge on any atom is -0.494 e. The summed E-state index contributed by atoms with van der Waals surface area (Å²) in [4.78, 5) is 37.3. The van der Waals surface area contributed by atoms with E-state index in [0.717, 1.165) is 0 Å². The van der Waals surface area contributed by atoms with Gasteiger partial charge in [0.05, 0.1) is 32.0 Å². The van der Waals surface area contributed by atoms with E-state index >= 15 is 0 Å². The van der Waals surface area contributed by atoms with Crippen LogP contribution >= 0.6 is 0 Å². The Morgan fingerprint density at radius 1 is 0.880 bits per heavy atom. The smallest absolute Gasteiger partial charge is 0.339 e. The number of carbonyl (C=O) groups is 3. The van der Waals surface area contributed by atoms with E-state index in [1.807, 2.05) is 0 Å². The van der Waals surface area contributed by atoms with Gasteiger partial charge in [-0.1, -0.05) is 30.3 Å². The fraction of sp³-hybridized carbons (Fsp3) is 0.211. The minimum absolute atomic E-state index is 0.0180. The summed E-state index contributed by atoms with van der Waals surface area (Å²) in [6.45, 7) is 2.10. The highest BCUT2D eigenvalue weighted by Gasteiger charge is 2.27. The maximum absolute atomic E-state index is 12.9. The molecule has 0 N–H and O–H groups in total. The number of rotatable bonds is 6. The zero-order chi connectivity index (χ0) is 18.4. The highest BCUT2D eigenvalue weighted by atomic mass is 16.5. The summed E-state index contributed by atoms with van der Waals surface area (Å²) in [6, 6.07) is 11.2. The summed E-state index contributed by atoms with van der Waals surface area (Å²) in [5, 5.41) is 0. The molecule has 0 spiro atoms. The average Bonchev–Trinajstić information content (AvgIpc) is 2.66. The van der Waals surface area contributed by atoms with Gasteiger partial charge in [-0.15, -0.1) is 0 Å². The lowest BCUT2D eigenvalue weighted by Crippen LogP contribution is -2.18. The van der Waals surface area contributed by atoms with Crippen molar-refractivity contribution in [3.8, 4) is 5.75 Å². The average molecular weight is 342 g/mol. The molecular formula is C19H18O6. The van der Waals surface area contributed by atoms with Gasteiger partial charge in [-0.05, 0) is 19.1 Å². The van der Waals surface area contributed by atoms with Crippen molar-refractivity contribution < 1.29 is 28.6 Å². The van der Waals surface area contributed by atoms with Crippen LogP contribution in [0.4, 0.5) is 0 Å². The van der Waals surface area contributed by atoms with Gasteiger partial charge in [0.1, 0.15) is 5.75 Å². The van der Waals surface area contributed by atoms with Crippen molar-refractivity contribution in [1.82, 2.24) is 0 Å². The van der Waals surface area contributed by atoms with E-state index in [1.54, 1.807) is 37.3 Å². The van der Waals surface area contributed by atoms with Gasteiger partial charge in [0, 0.05) is 11.1 Å². The van der Waals surface area contributed by atoms with Crippen LogP contribution in [0.25, 0.3) is 0 Å². The Bertz CT molecular complexity index is 795. The second-order valence-corrected chi connectivity index (χ2v) is 5.00. The fourth-order valence-electron chi connectivity index (χ4n) is 2.38. The molecule has 6 heteroatoms. The van der Waals surface area contributed by atoms with Gasteiger partial charge in [0.25, 0.3) is 0 Å². The number of hydrogen-bond acceptors (Lipinski definition) is 6. The Morgan fingerprint density at radius 2 is 1.48 bits per heavy atom. The van der Waals surface area contributed by atoms with Crippen molar-refractivity contribution in [3.05, 3.63) is 64.7 Å². The number of hydrogen-bond donors (Lipinski definition) is 0. The first-order valence-corrected chi connectivity index (χ1v) is 7.60. The second-order valence-electron chi connectivity index (χ2n) is 5.00. The van der Waals surface area contributed by atoms with Crippen molar-refractivity contribution >= 4 is 17.7 Å². The molecule has 2 rings (SSSR count). The van der Waals surface area contributed by atoms with Gasteiger partial charge < -0.3 is 14.2 Å². The number of ether oxygens (including phenoxy) is 3. The maximum atomic E-state index is 12.9. The number of ketones is 1. The van der Waals surface area contributed by atoms with Gasteiger partial charge >= 0.3 is 11.9 Å². The Morgan fingerprint density at radius 3 is 2.04 bits per heavy atom. The number of carbonyl (C=O) groups excluding carboxylic acids is 3. The molecule has 0 saturated heterocycles. The van der Waals surface area contributed by atoms with E-state index in [0.29, 0.717) is 12.2 Å². The van der Waals surface area contributed by atoms with E-state index in [4.69, 9.17) is 14.2 Å². The molecule has 2 aromatic carbocycles. The van der Waals surface area contributed by atoms with Crippen LogP contribution in [0.2, 0.25) is 0 Å². The molecular weight excluding hydrogens is 324 g/mol. The molecule has 0 radical (unpaired) electrons. The Kier molecular flexibility index (Phi) is 5.89. The summed E-state index contributed by atoms with van der Waals surface area (Å²) in [5.41, 5.74) is 0.160. The van der Waals surface area contributed by atoms with Gasteiger partial charge in [-0.2, -0.15) is 0 Å². The molecule has 0 amide bonds. The molecule has 0 fully saturated rings. The normalized spacial score (nSPS) is 10.0. The lowest BCUT2D eigenvalue weighted by atomic mass is 9.94. The standard InChI is InChI=1S/C19H18O6/c1-4-25-13-10-14(17(20)12-8-6-5-7-9-12)16(19(22)24-3)15(11-13)18(21)23-2/h5-11H,4H2,1-3H3. The molecule has 2 aromatic rings. The predicted molar refractivity (Wildman–Crippen MR) is 90.2 cm³/mol. The molecule has 130 valence electrons. The van der Waals surface area contributed by atoms with E-state index in [9.17, 15) is 14.4 Å². The van der Waals surface area contributed by atoms with Crippen molar-refractivity contribution in [1.29, 1.82) is 0 Å². The third-order valence-electron chi connectivity index (χ3n) is 3.50. The maximum Gasteiger partial charge on any atom is 0.339 e. The van der Waals surface area contributed by atoms with Gasteiger partial charge in [0.15, 0.2) is 5.78 Å². The van der Waals surface area contributed by atoms with Crippen LogP contribution in [0, 0.1) is 0 Å². The molecule has 25 heavy (non-hydrogen) atoms. The van der Waals surface area contributed by atoms with Crippen LogP contribution in [0.1, 0.15) is 43.6 Å². The molecule has 0 aliphatic rings. The molecule has 0 unspecified atom stereocenters. The van der Waals surface area contributed by atoms with Crippen LogP contribution in [0.5, 0.6) is 5.75 Å². The largest absolute Gasteiger partial charge is 0.494 e. The molecule has 0 bridgehead atoms. The van der Waals surface area contributed by atoms with E-state index < -0.39 is 17.7 Å². The summed E-state index contributed by atoms with van der Waals surface area (Å²) >= 11 is 0. The van der Waals surface area contributed by atoms with Gasteiger partial charge in [-0.3, -0.25) is 4.79 Å². The molecule has 0 aromatic heterocycles. The summed E-state index contributed by atoms with van der Waals surface area (Å²) in [6.07, 6.45) is 0. The van der Waals surface area contributed by atoms with Crippen LogP contribution in [0.3, 0.4) is 0 Å². The van der Waals surface area contributed by atoms with Crippen LogP contribution < -0.4 is 4.74 Å². The van der Waals surface area contributed by atoms with Gasteiger partial charge in [-0.25, -0.2) is 9.59 Å². The third kappa shape index (κ3) is 3.85. The van der Waals surface area contributed by atoms with Crippen molar-refractivity contribution in [2.75, 3.05) is 20.8 Å². The van der Waals surface area contributed by atoms with Crippen molar-refractivity contribution in [3.63, 3.8) is 0 Å². The molecule has 0 heterocycles. The zero-order valence-electron chi connectivity index (χ0n) is 14.2. The van der Waals surface area contributed by atoms with Crippen LogP contribution in [-0.4, -0.2) is 38.5 Å². The molecule has 0 saturated carbocycles. The Hall–Kier alpha value is -3.15. The van der Waals surface area contributed by atoms with E-state index in [1.165, 1.54) is 26.4 Å². The van der Waals surface area contributed by atoms with Crippen LogP contribution in [0.15, 0.2) is 42.5 Å². The third-order valence-corrected chi connectivity index (χ3v) is 3.50. The number of esters is 2. The van der Waals surface area contributed by atoms with Crippen molar-refractivity contribution in [2.24, 2.45) is 0 Å². The molecule has 0 aliphatic heterocycles. The lowest BCUT2D eigenvalue weighted by Gasteiger charge is -2.14. The SMILES string of the molecule is CCOc1cc(C(=O)OC)c(C(=O)OC)c(C(=O)c2ccccc2)c1. The fourth-order valence-corrected chi connectivity index (χ4v) is 2.38. The van der Waals surface area contributed by atoms with Gasteiger partial charge in [0.2, 0.25) is 0 Å². The Balaban J connectivity index is 2.74. The number of benzene rings is 2. The molecule has 0 aliphatic carbocycles. The van der Waals surface area contributed by atoms with Crippen molar-refractivity contribution in [2.45, 2.75) is 6.92 Å². The van der Waals surface area contributed by atoms with Crippen LogP contribution in [-0.2, 0) is 9.47 Å². The number of methoxy groups -OCH3 is 2. The molecule has 0 atom stereocenters. The summed E-state index contributed by atoms with van der Waals surface area (Å²) < 4.78 is 14.9. The highest BCUT2D eigenvalue weighted by Crippen LogP contribution is 2.27. The quantitative estimate of drug-likeness (QED) is 0.593. The zero-order valence-corrected chi connectivity index (χ0v) is 14.2. The second kappa shape index (κ2) is 8.10. The lowest BCUT2D eigenvalue weighted by molar-refractivity contribution is 0.0553. The first-order chi connectivity index (χ1) is 12.0. The predicted octanol–water partition coefficient (Wildman–Crippen LogP) is 2.89. The monoisotopic (exact) mass is 342 g/mol. The summed E-state index contributed by atoms with van der Waals surface area (Å²) in [7, 11) is 2.37. The highest BCUT2D eigenvalue weighted by molar-refractivity contribution is 6.17. The first-order valence-electron chi connectivity index (χ1n) is 7.60. The summed E-state index contributed by atoms with van der Waals surface area (Å²) in [5.74, 6) is -1.70.